The molecule has 1 aromatic heterocycles. The fraction of sp³-hybridized carbons (Fsp3) is 0.154. The molecule has 0 bridgehead atoms. The first kappa shape index (κ1) is 11.7. The highest BCUT2D eigenvalue weighted by Crippen LogP contribution is 2.15. The number of esters is 1. The van der Waals surface area contributed by atoms with Crippen LogP contribution in [-0.2, 0) is 11.3 Å². The Morgan fingerprint density at radius 3 is 2.94 bits per heavy atom. The molecule has 0 fully saturated rings. The number of hydrogen-bond donors (Lipinski definition) is 1. The Balaban J connectivity index is 2.07. The van der Waals surface area contributed by atoms with Gasteiger partial charge in [0, 0.05) is 11.3 Å². The second-order valence-electron chi connectivity index (χ2n) is 3.78. The Morgan fingerprint density at radius 2 is 2.24 bits per heavy atom. The molecule has 17 heavy (non-hydrogen) atoms. The third kappa shape index (κ3) is 2.85. The lowest BCUT2D eigenvalue weighted by atomic mass is 10.1. The third-order valence-electron chi connectivity index (χ3n) is 2.43. The van der Waals surface area contributed by atoms with Crippen molar-refractivity contribution in [3.8, 4) is 0 Å². The summed E-state index contributed by atoms with van der Waals surface area (Å²) in [5.74, 6) is -0.332. The van der Waals surface area contributed by atoms with E-state index in [0.29, 0.717) is 17.9 Å². The Labute approximate surface area is 104 Å². The van der Waals surface area contributed by atoms with Crippen molar-refractivity contribution in [2.75, 3.05) is 5.73 Å². The smallest absolute Gasteiger partial charge is 0.338 e. The van der Waals surface area contributed by atoms with Crippen LogP contribution in [0.1, 0.15) is 21.5 Å². The molecule has 3 nitrogen and oxygen atoms in total. The zero-order valence-electron chi connectivity index (χ0n) is 9.47. The first-order chi connectivity index (χ1) is 8.16. The van der Waals surface area contributed by atoms with Gasteiger partial charge >= 0.3 is 5.97 Å². The molecule has 0 saturated carbocycles. The number of aryl methyl sites for hydroxylation is 1. The minimum Gasteiger partial charge on any atom is -0.457 e. The predicted octanol–water partition coefficient (Wildman–Crippen LogP) is 3.00. The summed E-state index contributed by atoms with van der Waals surface area (Å²) in [4.78, 5) is 11.8. The maximum atomic E-state index is 11.8. The molecule has 2 aromatic rings. The van der Waals surface area contributed by atoms with Gasteiger partial charge in [-0.2, -0.15) is 11.3 Å². The van der Waals surface area contributed by atoms with Gasteiger partial charge in [-0.3, -0.25) is 0 Å². The molecule has 0 radical (unpaired) electrons. The highest BCUT2D eigenvalue weighted by molar-refractivity contribution is 7.07. The molecule has 1 heterocycles. The van der Waals surface area contributed by atoms with Crippen LogP contribution < -0.4 is 5.73 Å². The van der Waals surface area contributed by atoms with Crippen molar-refractivity contribution in [3.63, 3.8) is 0 Å². The van der Waals surface area contributed by atoms with Crippen molar-refractivity contribution in [1.29, 1.82) is 0 Å². The number of nitrogens with two attached hydrogens (primary N) is 1. The van der Waals surface area contributed by atoms with Crippen molar-refractivity contribution < 1.29 is 9.53 Å². The van der Waals surface area contributed by atoms with Crippen LogP contribution in [0, 0.1) is 6.92 Å². The summed E-state index contributed by atoms with van der Waals surface area (Å²) >= 11 is 1.58. The van der Waals surface area contributed by atoms with Gasteiger partial charge in [0.05, 0.1) is 5.56 Å². The molecule has 0 aliphatic rings. The second kappa shape index (κ2) is 5.01. The van der Waals surface area contributed by atoms with E-state index < -0.39 is 0 Å². The molecule has 0 saturated heterocycles. The quantitative estimate of drug-likeness (QED) is 0.670. The van der Waals surface area contributed by atoms with E-state index >= 15 is 0 Å². The van der Waals surface area contributed by atoms with Crippen molar-refractivity contribution in [1.82, 2.24) is 0 Å². The molecular formula is C13H13NO2S. The molecule has 2 N–H and O–H groups in total. The average Bonchev–Trinajstić information content (AvgIpc) is 2.82. The molecule has 0 aliphatic carbocycles. The van der Waals surface area contributed by atoms with Gasteiger partial charge in [-0.25, -0.2) is 4.79 Å². The van der Waals surface area contributed by atoms with E-state index in [2.05, 4.69) is 0 Å². The highest BCUT2D eigenvalue weighted by atomic mass is 32.1. The summed E-state index contributed by atoms with van der Waals surface area (Å²) in [6.45, 7) is 2.16. The summed E-state index contributed by atoms with van der Waals surface area (Å²) in [6, 6.07) is 7.16. The number of ether oxygens (including phenoxy) is 1. The van der Waals surface area contributed by atoms with Crippen LogP contribution in [0.2, 0.25) is 0 Å². The molecule has 0 amide bonds. The van der Waals surface area contributed by atoms with Crippen LogP contribution in [-0.4, -0.2) is 5.97 Å². The first-order valence-corrected chi connectivity index (χ1v) is 6.15. The minimum atomic E-state index is -0.332. The normalized spacial score (nSPS) is 10.2. The van der Waals surface area contributed by atoms with Crippen LogP contribution in [0.4, 0.5) is 5.69 Å². The summed E-state index contributed by atoms with van der Waals surface area (Å²) < 4.78 is 5.22. The van der Waals surface area contributed by atoms with Gasteiger partial charge in [-0.1, -0.05) is 6.07 Å². The van der Waals surface area contributed by atoms with Crippen LogP contribution >= 0.6 is 11.3 Å². The Hall–Kier alpha value is -1.81. The van der Waals surface area contributed by atoms with Crippen LogP contribution in [0.25, 0.3) is 0 Å². The number of carbonyl (C=O) groups is 1. The van der Waals surface area contributed by atoms with Crippen molar-refractivity contribution in [3.05, 3.63) is 51.7 Å². The van der Waals surface area contributed by atoms with E-state index in [4.69, 9.17) is 10.5 Å². The largest absolute Gasteiger partial charge is 0.457 e. The topological polar surface area (TPSA) is 52.3 Å². The summed E-state index contributed by atoms with van der Waals surface area (Å²) in [5, 5.41) is 3.91. The van der Waals surface area contributed by atoms with Gasteiger partial charge < -0.3 is 10.5 Å². The number of rotatable bonds is 3. The number of carbonyl (C=O) groups excluding carboxylic acids is 1. The maximum absolute atomic E-state index is 11.8. The predicted molar refractivity (Wildman–Crippen MR) is 69.0 cm³/mol. The van der Waals surface area contributed by atoms with E-state index in [1.807, 2.05) is 29.8 Å². The lowest BCUT2D eigenvalue weighted by molar-refractivity contribution is 0.0472. The average molecular weight is 247 g/mol. The molecule has 0 aliphatic heterocycles. The van der Waals surface area contributed by atoms with Gasteiger partial charge in [0.1, 0.15) is 6.61 Å². The van der Waals surface area contributed by atoms with Crippen LogP contribution in [0.15, 0.2) is 35.0 Å². The number of anilines is 1. The summed E-state index contributed by atoms with van der Waals surface area (Å²) in [6.07, 6.45) is 0. The summed E-state index contributed by atoms with van der Waals surface area (Å²) in [7, 11) is 0. The Bertz CT molecular complexity index is 520. The first-order valence-electron chi connectivity index (χ1n) is 5.21. The van der Waals surface area contributed by atoms with Crippen molar-refractivity contribution >= 4 is 23.0 Å². The fourth-order valence-corrected chi connectivity index (χ4v) is 2.11. The number of nitrogen functional groups attached to an aromatic ring is 1. The van der Waals surface area contributed by atoms with E-state index in [-0.39, 0.29) is 5.97 Å². The highest BCUT2D eigenvalue weighted by Gasteiger charge is 2.11. The van der Waals surface area contributed by atoms with Gasteiger partial charge in [0.15, 0.2) is 0 Å². The lowest BCUT2D eigenvalue weighted by Gasteiger charge is -2.07. The maximum Gasteiger partial charge on any atom is 0.338 e. The molecule has 4 heteroatoms. The van der Waals surface area contributed by atoms with Crippen LogP contribution in [0.3, 0.4) is 0 Å². The fourth-order valence-electron chi connectivity index (χ4n) is 1.46. The lowest BCUT2D eigenvalue weighted by Crippen LogP contribution is -2.07. The van der Waals surface area contributed by atoms with E-state index in [9.17, 15) is 4.79 Å². The van der Waals surface area contributed by atoms with Gasteiger partial charge in [0.25, 0.3) is 0 Å². The molecule has 0 atom stereocenters. The number of hydrogen-bond acceptors (Lipinski definition) is 4. The van der Waals surface area contributed by atoms with E-state index in [1.165, 1.54) is 0 Å². The Kier molecular flexibility index (Phi) is 3.44. The minimum absolute atomic E-state index is 0.302. The van der Waals surface area contributed by atoms with Crippen molar-refractivity contribution in [2.45, 2.75) is 13.5 Å². The standard InChI is InChI=1S/C13H13NO2S/c1-9-2-3-11(14)6-12(9)13(15)16-7-10-4-5-17-8-10/h2-6,8H,7,14H2,1H3. The number of benzene rings is 1. The molecule has 0 spiro atoms. The zero-order valence-corrected chi connectivity index (χ0v) is 10.3. The third-order valence-corrected chi connectivity index (χ3v) is 3.16. The SMILES string of the molecule is Cc1ccc(N)cc1C(=O)OCc1ccsc1. The molecule has 0 unspecified atom stereocenters. The van der Waals surface area contributed by atoms with Gasteiger partial charge in [-0.05, 0) is 41.4 Å². The molecule has 1 aromatic carbocycles. The van der Waals surface area contributed by atoms with Gasteiger partial charge in [-0.15, -0.1) is 0 Å². The second-order valence-corrected chi connectivity index (χ2v) is 4.56. The molecule has 88 valence electrons. The summed E-state index contributed by atoms with van der Waals surface area (Å²) in [5.41, 5.74) is 8.62. The van der Waals surface area contributed by atoms with Crippen LogP contribution in [0.5, 0.6) is 0 Å². The Morgan fingerprint density at radius 1 is 1.41 bits per heavy atom. The van der Waals surface area contributed by atoms with Gasteiger partial charge in [0.2, 0.25) is 0 Å². The number of thiophene rings is 1. The monoisotopic (exact) mass is 247 g/mol. The van der Waals surface area contributed by atoms with Crippen molar-refractivity contribution in [2.24, 2.45) is 0 Å². The van der Waals surface area contributed by atoms with E-state index in [0.717, 1.165) is 11.1 Å². The molecular weight excluding hydrogens is 234 g/mol. The zero-order chi connectivity index (χ0) is 12.3. The molecule has 2 rings (SSSR count). The van der Waals surface area contributed by atoms with E-state index in [1.54, 1.807) is 23.5 Å².